The Balaban J connectivity index is 2.29. The molecule has 0 saturated carbocycles. The highest BCUT2D eigenvalue weighted by Gasteiger charge is 2.17. The summed E-state index contributed by atoms with van der Waals surface area (Å²) in [7, 11) is 0. The van der Waals surface area contributed by atoms with E-state index in [2.05, 4.69) is 0 Å². The van der Waals surface area contributed by atoms with Crippen LogP contribution in [0.25, 0.3) is 22.5 Å². The lowest BCUT2D eigenvalue weighted by Crippen LogP contribution is -2.00. The van der Waals surface area contributed by atoms with Crippen molar-refractivity contribution >= 4 is 0 Å². The van der Waals surface area contributed by atoms with Gasteiger partial charge >= 0.3 is 0 Å². The number of phenols is 1. The van der Waals surface area contributed by atoms with Crippen molar-refractivity contribution < 1.29 is 9.52 Å². The fourth-order valence-corrected chi connectivity index (χ4v) is 2.41. The lowest BCUT2D eigenvalue weighted by atomic mass is 9.95. The lowest BCUT2D eigenvalue weighted by Gasteiger charge is -2.14. The van der Waals surface area contributed by atoms with E-state index in [1.54, 1.807) is 6.26 Å². The third-order valence-corrected chi connectivity index (χ3v) is 3.50. The first kappa shape index (κ1) is 12.5. The van der Waals surface area contributed by atoms with Gasteiger partial charge in [-0.1, -0.05) is 29.8 Å². The van der Waals surface area contributed by atoms with Gasteiger partial charge < -0.3 is 9.52 Å². The molecule has 3 nitrogen and oxygen atoms in total. The van der Waals surface area contributed by atoms with Crippen LogP contribution in [0.5, 0.6) is 5.75 Å². The van der Waals surface area contributed by atoms with E-state index in [1.165, 1.54) is 17.7 Å². The molecule has 1 N–H and O–H groups in total. The molecule has 0 saturated heterocycles. The van der Waals surface area contributed by atoms with Crippen LogP contribution in [0, 0.1) is 13.8 Å². The molecule has 100 valence electrons. The predicted molar refractivity (Wildman–Crippen MR) is 78.2 cm³/mol. The first-order valence-electron chi connectivity index (χ1n) is 6.38. The Morgan fingerprint density at radius 3 is 2.45 bits per heavy atom. The third kappa shape index (κ3) is 1.97. The van der Waals surface area contributed by atoms with Crippen molar-refractivity contribution in [1.82, 2.24) is 0 Å². The summed E-state index contributed by atoms with van der Waals surface area (Å²) in [5.74, 6) is 0.367. The number of hydrogen-bond donors (Lipinski definition) is 1. The molecule has 1 aromatic rings. The van der Waals surface area contributed by atoms with Crippen LogP contribution < -0.4 is 5.43 Å². The molecule has 20 heavy (non-hydrogen) atoms. The molecule has 2 aliphatic rings. The summed E-state index contributed by atoms with van der Waals surface area (Å²) >= 11 is 0. The van der Waals surface area contributed by atoms with Gasteiger partial charge in [0, 0.05) is 17.7 Å². The molecule has 1 aliphatic carbocycles. The fourth-order valence-electron chi connectivity index (χ4n) is 2.41. The number of aryl methyl sites for hydroxylation is 1. The minimum absolute atomic E-state index is 0.0392. The molecule has 1 aliphatic heterocycles. The van der Waals surface area contributed by atoms with Crippen molar-refractivity contribution in [2.45, 2.75) is 13.8 Å². The average Bonchev–Trinajstić information content (AvgIpc) is 2.39. The van der Waals surface area contributed by atoms with E-state index in [4.69, 9.17) is 4.42 Å². The van der Waals surface area contributed by atoms with Crippen LogP contribution in [-0.4, -0.2) is 5.11 Å². The van der Waals surface area contributed by atoms with Gasteiger partial charge in [-0.15, -0.1) is 0 Å². The number of benzene rings is 2. The molecule has 0 spiro atoms. The summed E-state index contributed by atoms with van der Waals surface area (Å²) in [6.45, 7) is 3.94. The zero-order valence-corrected chi connectivity index (χ0v) is 11.3. The van der Waals surface area contributed by atoms with Gasteiger partial charge in [-0.3, -0.25) is 4.79 Å². The highest BCUT2D eigenvalue weighted by atomic mass is 16.3. The Hall–Kier alpha value is -2.55. The van der Waals surface area contributed by atoms with Gasteiger partial charge in [-0.25, -0.2) is 0 Å². The molecule has 0 bridgehead atoms. The number of rotatable bonds is 1. The van der Waals surface area contributed by atoms with E-state index in [1.807, 2.05) is 38.1 Å². The fraction of sp³-hybridized carbons (Fsp3) is 0.118. The van der Waals surface area contributed by atoms with E-state index in [0.29, 0.717) is 11.3 Å². The Bertz CT molecular complexity index is 798. The van der Waals surface area contributed by atoms with Gasteiger partial charge in [-0.05, 0) is 25.0 Å². The predicted octanol–water partition coefficient (Wildman–Crippen LogP) is 3.73. The van der Waals surface area contributed by atoms with Crippen molar-refractivity contribution in [3.63, 3.8) is 0 Å². The number of aromatic hydroxyl groups is 1. The maximum absolute atomic E-state index is 11.4. The molecule has 3 rings (SSSR count). The van der Waals surface area contributed by atoms with E-state index in [-0.39, 0.29) is 11.2 Å². The number of phenolic OH excluding ortho intramolecular Hbond substituents is 1. The molecule has 0 fully saturated rings. The monoisotopic (exact) mass is 266 g/mol. The third-order valence-electron chi connectivity index (χ3n) is 3.50. The van der Waals surface area contributed by atoms with E-state index >= 15 is 0 Å². The second-order valence-electron chi connectivity index (χ2n) is 4.96. The molecule has 3 heteroatoms. The quantitative estimate of drug-likeness (QED) is 0.730. The molecular weight excluding hydrogens is 252 g/mol. The molecule has 0 aromatic heterocycles. The Morgan fingerprint density at radius 1 is 1.05 bits per heavy atom. The first-order chi connectivity index (χ1) is 9.56. The van der Waals surface area contributed by atoms with Gasteiger partial charge in [0.05, 0.1) is 11.8 Å². The van der Waals surface area contributed by atoms with Crippen molar-refractivity contribution in [2.24, 2.45) is 0 Å². The lowest BCUT2D eigenvalue weighted by molar-refractivity contribution is 0.470. The SMILES string of the molecule is Cc1ccc(-c2coc3cc(=O)cc(O)c-3c2C)cc1. The topological polar surface area (TPSA) is 50.4 Å². The van der Waals surface area contributed by atoms with Crippen LogP contribution in [0.1, 0.15) is 11.1 Å². The van der Waals surface area contributed by atoms with Crippen molar-refractivity contribution in [3.8, 4) is 28.2 Å². The summed E-state index contributed by atoms with van der Waals surface area (Å²) in [6.07, 6.45) is 1.63. The zero-order valence-electron chi connectivity index (χ0n) is 11.3. The van der Waals surface area contributed by atoms with Gasteiger partial charge in [0.2, 0.25) is 0 Å². The van der Waals surface area contributed by atoms with Gasteiger partial charge in [0.15, 0.2) is 5.43 Å². The number of hydrogen-bond acceptors (Lipinski definition) is 3. The second-order valence-corrected chi connectivity index (χ2v) is 4.96. The molecule has 1 aromatic carbocycles. The summed E-state index contributed by atoms with van der Waals surface area (Å²) in [4.78, 5) is 11.4. The van der Waals surface area contributed by atoms with Crippen LogP contribution in [0.2, 0.25) is 0 Å². The van der Waals surface area contributed by atoms with Crippen LogP contribution in [-0.2, 0) is 0 Å². The van der Waals surface area contributed by atoms with Crippen LogP contribution in [0.15, 0.2) is 51.9 Å². The van der Waals surface area contributed by atoms with Crippen LogP contribution in [0.4, 0.5) is 0 Å². The smallest absolute Gasteiger partial charge is 0.186 e. The molecule has 0 radical (unpaired) electrons. The van der Waals surface area contributed by atoms with E-state index in [0.717, 1.165) is 16.7 Å². The Morgan fingerprint density at radius 2 is 1.75 bits per heavy atom. The molecule has 0 atom stereocenters. The summed E-state index contributed by atoms with van der Waals surface area (Å²) in [5.41, 5.74) is 4.33. The molecule has 0 unspecified atom stereocenters. The standard InChI is InChI=1S/C17H14O3/c1-10-3-5-12(6-4-10)14-9-20-16-8-13(18)7-15(19)17(16)11(14)2/h3-9,19H,1-2H3. The van der Waals surface area contributed by atoms with E-state index in [9.17, 15) is 9.90 Å². The van der Waals surface area contributed by atoms with Crippen molar-refractivity contribution in [2.75, 3.05) is 0 Å². The summed E-state index contributed by atoms with van der Waals surface area (Å²) in [6, 6.07) is 10.7. The minimum Gasteiger partial charge on any atom is -0.507 e. The highest BCUT2D eigenvalue weighted by Crippen LogP contribution is 2.37. The van der Waals surface area contributed by atoms with Gasteiger partial charge in [0.1, 0.15) is 11.5 Å². The van der Waals surface area contributed by atoms with Crippen molar-refractivity contribution in [1.29, 1.82) is 0 Å². The van der Waals surface area contributed by atoms with E-state index < -0.39 is 0 Å². The normalized spacial score (nSPS) is 10.9. The average molecular weight is 266 g/mol. The molecular formula is C17H14O3. The van der Waals surface area contributed by atoms with Gasteiger partial charge in [-0.2, -0.15) is 0 Å². The van der Waals surface area contributed by atoms with Crippen LogP contribution >= 0.6 is 0 Å². The maximum Gasteiger partial charge on any atom is 0.186 e. The highest BCUT2D eigenvalue weighted by molar-refractivity contribution is 5.79. The van der Waals surface area contributed by atoms with Crippen LogP contribution in [0.3, 0.4) is 0 Å². The zero-order chi connectivity index (χ0) is 14.3. The summed E-state index contributed by atoms with van der Waals surface area (Å²) < 4.78 is 5.51. The minimum atomic E-state index is -0.263. The second kappa shape index (κ2) is 4.53. The van der Waals surface area contributed by atoms with Gasteiger partial charge in [0.25, 0.3) is 0 Å². The molecule has 0 amide bonds. The summed E-state index contributed by atoms with van der Waals surface area (Å²) in [5, 5.41) is 9.99. The molecule has 1 heterocycles. The largest absolute Gasteiger partial charge is 0.507 e. The van der Waals surface area contributed by atoms with Crippen molar-refractivity contribution in [3.05, 3.63) is 64.0 Å². The number of fused-ring (bicyclic) bond motifs is 1. The maximum atomic E-state index is 11.4. The first-order valence-corrected chi connectivity index (χ1v) is 6.38. The Kier molecular flexibility index (Phi) is 2.83. The Labute approximate surface area is 116 Å².